The van der Waals surface area contributed by atoms with E-state index in [9.17, 15) is 0 Å². The van der Waals surface area contributed by atoms with E-state index in [1.165, 1.54) is 18.4 Å². The van der Waals surface area contributed by atoms with E-state index in [1.807, 2.05) is 24.3 Å². The molecule has 1 aliphatic carbocycles. The van der Waals surface area contributed by atoms with Crippen molar-refractivity contribution in [2.45, 2.75) is 44.2 Å². The lowest BCUT2D eigenvalue weighted by Crippen LogP contribution is -2.45. The molecule has 0 radical (unpaired) electrons. The van der Waals surface area contributed by atoms with Crippen molar-refractivity contribution in [1.82, 2.24) is 5.32 Å². The highest BCUT2D eigenvalue weighted by atomic mass is 35.5. The lowest BCUT2D eigenvalue weighted by atomic mass is 9.75. The number of halogens is 1. The highest BCUT2D eigenvalue weighted by Gasteiger charge is 2.32. The number of hydrogen-bond acceptors (Lipinski definition) is 2. The number of hydrogen-bond donors (Lipinski definition) is 1. The van der Waals surface area contributed by atoms with Crippen LogP contribution in [-0.4, -0.2) is 12.1 Å². The lowest BCUT2D eigenvalue weighted by molar-refractivity contribution is 0.265. The molecule has 3 rings (SSSR count). The minimum absolute atomic E-state index is 0.443. The van der Waals surface area contributed by atoms with E-state index >= 15 is 0 Å². The second kappa shape index (κ2) is 6.02. The standard InChI is InChI=1S/C17H20ClNO/c1-12(9-15-5-4-8-20-15)19-14-10-13(11-14)16-6-2-3-7-17(16)18/h2-8,12-14,19H,9-11H2,1H3. The fourth-order valence-electron chi connectivity index (χ4n) is 3.01. The van der Waals surface area contributed by atoms with Gasteiger partial charge in [0.15, 0.2) is 0 Å². The van der Waals surface area contributed by atoms with Gasteiger partial charge in [-0.15, -0.1) is 0 Å². The van der Waals surface area contributed by atoms with Crippen molar-refractivity contribution in [1.29, 1.82) is 0 Å². The van der Waals surface area contributed by atoms with E-state index < -0.39 is 0 Å². The number of rotatable bonds is 5. The summed E-state index contributed by atoms with van der Waals surface area (Å²) in [6.45, 7) is 2.21. The Morgan fingerprint density at radius 1 is 1.25 bits per heavy atom. The molecule has 2 aromatic rings. The van der Waals surface area contributed by atoms with Crippen molar-refractivity contribution in [3.63, 3.8) is 0 Å². The first-order valence-electron chi connectivity index (χ1n) is 7.25. The van der Waals surface area contributed by atoms with Crippen molar-refractivity contribution >= 4 is 11.6 Å². The van der Waals surface area contributed by atoms with E-state index in [0.717, 1.165) is 17.2 Å². The fourth-order valence-corrected chi connectivity index (χ4v) is 3.30. The van der Waals surface area contributed by atoms with Crippen molar-refractivity contribution in [2.75, 3.05) is 0 Å². The first-order valence-corrected chi connectivity index (χ1v) is 7.63. The molecule has 1 N–H and O–H groups in total. The molecule has 0 bridgehead atoms. The Morgan fingerprint density at radius 3 is 2.75 bits per heavy atom. The first kappa shape index (κ1) is 13.7. The van der Waals surface area contributed by atoms with Gasteiger partial charge in [0.2, 0.25) is 0 Å². The summed E-state index contributed by atoms with van der Waals surface area (Å²) >= 11 is 6.25. The molecule has 1 aromatic heterocycles. The summed E-state index contributed by atoms with van der Waals surface area (Å²) in [5, 5.41) is 4.57. The molecule has 2 nitrogen and oxygen atoms in total. The molecule has 1 heterocycles. The summed E-state index contributed by atoms with van der Waals surface area (Å²) in [5.41, 5.74) is 1.30. The van der Waals surface area contributed by atoms with Crippen molar-refractivity contribution in [3.05, 3.63) is 59.0 Å². The average molecular weight is 290 g/mol. The van der Waals surface area contributed by atoms with Gasteiger partial charge in [0, 0.05) is 23.5 Å². The Kier molecular flexibility index (Phi) is 4.13. The Hall–Kier alpha value is -1.25. The van der Waals surface area contributed by atoms with Crippen molar-refractivity contribution in [2.24, 2.45) is 0 Å². The maximum atomic E-state index is 6.25. The fraction of sp³-hybridized carbons (Fsp3) is 0.412. The number of benzene rings is 1. The van der Waals surface area contributed by atoms with E-state index in [0.29, 0.717) is 18.0 Å². The molecule has 3 heteroatoms. The Balaban J connectivity index is 1.47. The summed E-state index contributed by atoms with van der Waals surface area (Å²) in [7, 11) is 0. The van der Waals surface area contributed by atoms with Gasteiger partial charge < -0.3 is 9.73 Å². The predicted octanol–water partition coefficient (Wildman–Crippen LogP) is 4.40. The molecule has 0 aliphatic heterocycles. The van der Waals surface area contributed by atoms with Crippen LogP contribution in [0.2, 0.25) is 5.02 Å². The molecule has 1 aromatic carbocycles. The van der Waals surface area contributed by atoms with E-state index in [2.05, 4.69) is 24.4 Å². The van der Waals surface area contributed by atoms with Crippen LogP contribution in [-0.2, 0) is 6.42 Å². The van der Waals surface area contributed by atoms with Gasteiger partial charge in [0.1, 0.15) is 5.76 Å². The highest BCUT2D eigenvalue weighted by Crippen LogP contribution is 2.40. The maximum Gasteiger partial charge on any atom is 0.105 e. The van der Waals surface area contributed by atoms with Crippen LogP contribution in [0.3, 0.4) is 0 Å². The highest BCUT2D eigenvalue weighted by molar-refractivity contribution is 6.31. The Bertz CT molecular complexity index is 546. The third-order valence-electron chi connectivity index (χ3n) is 4.09. The summed E-state index contributed by atoms with van der Waals surface area (Å²) in [6.07, 6.45) is 5.03. The van der Waals surface area contributed by atoms with E-state index in [-0.39, 0.29) is 0 Å². The molecule has 1 atom stereocenters. The molecule has 1 unspecified atom stereocenters. The van der Waals surface area contributed by atoms with Crippen LogP contribution in [0.25, 0.3) is 0 Å². The van der Waals surface area contributed by atoms with E-state index in [4.69, 9.17) is 16.0 Å². The average Bonchev–Trinajstić information content (AvgIpc) is 2.87. The summed E-state index contributed by atoms with van der Waals surface area (Å²) < 4.78 is 5.39. The van der Waals surface area contributed by atoms with Gasteiger partial charge in [-0.2, -0.15) is 0 Å². The van der Waals surface area contributed by atoms with Crippen LogP contribution in [0, 0.1) is 0 Å². The molecule has 1 aliphatic rings. The van der Waals surface area contributed by atoms with Gasteiger partial charge in [0.05, 0.1) is 6.26 Å². The largest absolute Gasteiger partial charge is 0.469 e. The molecule has 1 fully saturated rings. The van der Waals surface area contributed by atoms with Gasteiger partial charge in [-0.25, -0.2) is 0 Å². The zero-order valence-corrected chi connectivity index (χ0v) is 12.4. The maximum absolute atomic E-state index is 6.25. The molecule has 106 valence electrons. The van der Waals surface area contributed by atoms with Gasteiger partial charge in [-0.3, -0.25) is 0 Å². The summed E-state index contributed by atoms with van der Waals surface area (Å²) in [4.78, 5) is 0. The van der Waals surface area contributed by atoms with Crippen molar-refractivity contribution < 1.29 is 4.42 Å². The van der Waals surface area contributed by atoms with Crippen LogP contribution < -0.4 is 5.32 Å². The van der Waals surface area contributed by atoms with Crippen LogP contribution in [0.1, 0.15) is 37.0 Å². The molecule has 20 heavy (non-hydrogen) atoms. The lowest BCUT2D eigenvalue weighted by Gasteiger charge is -2.38. The van der Waals surface area contributed by atoms with Gasteiger partial charge in [-0.1, -0.05) is 29.8 Å². The van der Waals surface area contributed by atoms with E-state index in [1.54, 1.807) is 6.26 Å². The second-order valence-corrected chi connectivity index (χ2v) is 6.15. The molecule has 0 amide bonds. The molecule has 0 spiro atoms. The first-order chi connectivity index (χ1) is 9.72. The quantitative estimate of drug-likeness (QED) is 0.882. The predicted molar refractivity (Wildman–Crippen MR) is 82.2 cm³/mol. The van der Waals surface area contributed by atoms with Crippen LogP contribution in [0.4, 0.5) is 0 Å². The zero-order valence-electron chi connectivity index (χ0n) is 11.7. The Morgan fingerprint density at radius 2 is 2.05 bits per heavy atom. The third-order valence-corrected chi connectivity index (χ3v) is 4.44. The van der Waals surface area contributed by atoms with Gasteiger partial charge in [0.25, 0.3) is 0 Å². The Labute approximate surface area is 125 Å². The minimum Gasteiger partial charge on any atom is -0.469 e. The molecule has 1 saturated carbocycles. The SMILES string of the molecule is CC(Cc1ccco1)NC1CC(c2ccccc2Cl)C1. The summed E-state index contributed by atoms with van der Waals surface area (Å²) in [6, 6.07) is 13.2. The van der Waals surface area contributed by atoms with Crippen molar-refractivity contribution in [3.8, 4) is 0 Å². The van der Waals surface area contributed by atoms with Crippen LogP contribution in [0.5, 0.6) is 0 Å². The van der Waals surface area contributed by atoms with Gasteiger partial charge >= 0.3 is 0 Å². The number of nitrogens with one attached hydrogen (secondary N) is 1. The van der Waals surface area contributed by atoms with Crippen LogP contribution in [0.15, 0.2) is 47.1 Å². The normalized spacial score (nSPS) is 23.3. The monoisotopic (exact) mass is 289 g/mol. The number of furan rings is 1. The zero-order chi connectivity index (χ0) is 13.9. The van der Waals surface area contributed by atoms with Gasteiger partial charge in [-0.05, 0) is 49.4 Å². The molecular weight excluding hydrogens is 270 g/mol. The molecular formula is C17H20ClNO. The second-order valence-electron chi connectivity index (χ2n) is 5.74. The molecule has 0 saturated heterocycles. The van der Waals surface area contributed by atoms with Crippen LogP contribution >= 0.6 is 11.6 Å². The topological polar surface area (TPSA) is 25.2 Å². The third kappa shape index (κ3) is 3.08. The smallest absolute Gasteiger partial charge is 0.105 e. The minimum atomic E-state index is 0.443. The summed E-state index contributed by atoms with van der Waals surface area (Å²) in [5.74, 6) is 1.66.